The van der Waals surface area contributed by atoms with Crippen LogP contribution in [0.4, 0.5) is 0 Å². The number of hydrogen-bond donors (Lipinski definition) is 2. The molecular formula is C11H23NO2. The SMILES string of the molecule is CCC(C)(C)CNCC(C)(C)C(=O)O. The summed E-state index contributed by atoms with van der Waals surface area (Å²) >= 11 is 0. The Morgan fingerprint density at radius 3 is 2.07 bits per heavy atom. The molecular weight excluding hydrogens is 178 g/mol. The number of aliphatic carboxylic acids is 1. The molecule has 0 saturated carbocycles. The Labute approximate surface area is 86.9 Å². The lowest BCUT2D eigenvalue weighted by molar-refractivity contribution is -0.146. The quantitative estimate of drug-likeness (QED) is 0.692. The Hall–Kier alpha value is -0.570. The molecule has 0 bridgehead atoms. The summed E-state index contributed by atoms with van der Waals surface area (Å²) in [5.74, 6) is -0.751. The molecule has 14 heavy (non-hydrogen) atoms. The Morgan fingerprint density at radius 2 is 1.71 bits per heavy atom. The summed E-state index contributed by atoms with van der Waals surface area (Å²) < 4.78 is 0. The number of carbonyl (C=O) groups is 1. The van der Waals surface area contributed by atoms with Crippen molar-refractivity contribution < 1.29 is 9.90 Å². The van der Waals surface area contributed by atoms with Crippen molar-refractivity contribution in [2.24, 2.45) is 10.8 Å². The average Bonchev–Trinajstić information content (AvgIpc) is 2.03. The maximum atomic E-state index is 10.8. The predicted molar refractivity (Wildman–Crippen MR) is 58.4 cm³/mol. The lowest BCUT2D eigenvalue weighted by Crippen LogP contribution is -2.39. The Morgan fingerprint density at radius 1 is 1.21 bits per heavy atom. The third kappa shape index (κ3) is 4.61. The van der Waals surface area contributed by atoms with Gasteiger partial charge in [0.2, 0.25) is 0 Å². The molecule has 3 nitrogen and oxygen atoms in total. The lowest BCUT2D eigenvalue weighted by atomic mass is 9.89. The van der Waals surface area contributed by atoms with E-state index in [0.717, 1.165) is 13.0 Å². The van der Waals surface area contributed by atoms with Crippen LogP contribution in [0.25, 0.3) is 0 Å². The van der Waals surface area contributed by atoms with Gasteiger partial charge in [-0.1, -0.05) is 20.8 Å². The molecule has 0 aromatic heterocycles. The highest BCUT2D eigenvalue weighted by Gasteiger charge is 2.27. The third-order valence-electron chi connectivity index (χ3n) is 2.71. The molecule has 0 rings (SSSR count). The van der Waals surface area contributed by atoms with Crippen molar-refractivity contribution >= 4 is 5.97 Å². The number of hydrogen-bond acceptors (Lipinski definition) is 2. The van der Waals surface area contributed by atoms with Crippen LogP contribution >= 0.6 is 0 Å². The van der Waals surface area contributed by atoms with E-state index in [2.05, 4.69) is 26.1 Å². The van der Waals surface area contributed by atoms with E-state index in [9.17, 15) is 4.79 Å². The second kappa shape index (κ2) is 4.78. The van der Waals surface area contributed by atoms with Crippen LogP contribution in [0.15, 0.2) is 0 Å². The fourth-order valence-corrected chi connectivity index (χ4v) is 0.914. The monoisotopic (exact) mass is 201 g/mol. The molecule has 0 aliphatic rings. The van der Waals surface area contributed by atoms with Crippen molar-refractivity contribution in [2.45, 2.75) is 41.0 Å². The van der Waals surface area contributed by atoms with Crippen LogP contribution in [0, 0.1) is 10.8 Å². The van der Waals surface area contributed by atoms with Gasteiger partial charge in [-0.15, -0.1) is 0 Å². The summed E-state index contributed by atoms with van der Waals surface area (Å²) in [7, 11) is 0. The fourth-order valence-electron chi connectivity index (χ4n) is 0.914. The lowest BCUT2D eigenvalue weighted by Gasteiger charge is -2.26. The van der Waals surface area contributed by atoms with Crippen molar-refractivity contribution in [3.05, 3.63) is 0 Å². The summed E-state index contributed by atoms with van der Waals surface area (Å²) in [6.07, 6.45) is 1.09. The van der Waals surface area contributed by atoms with Gasteiger partial charge in [-0.25, -0.2) is 0 Å². The van der Waals surface area contributed by atoms with E-state index in [1.54, 1.807) is 13.8 Å². The average molecular weight is 201 g/mol. The molecule has 0 aliphatic carbocycles. The standard InChI is InChI=1S/C11H23NO2/c1-6-10(2,3)7-12-8-11(4,5)9(13)14/h12H,6-8H2,1-5H3,(H,13,14). The Kier molecular flexibility index (Phi) is 4.59. The molecule has 0 amide bonds. The molecule has 0 heterocycles. The van der Waals surface area contributed by atoms with Crippen molar-refractivity contribution in [3.63, 3.8) is 0 Å². The number of rotatable bonds is 6. The van der Waals surface area contributed by atoms with Gasteiger partial charge in [-0.3, -0.25) is 4.79 Å². The van der Waals surface area contributed by atoms with E-state index in [0.29, 0.717) is 6.54 Å². The van der Waals surface area contributed by atoms with E-state index in [1.807, 2.05) is 0 Å². The molecule has 0 radical (unpaired) electrons. The Balaban J connectivity index is 3.91. The van der Waals surface area contributed by atoms with Crippen LogP contribution in [-0.2, 0) is 4.79 Å². The summed E-state index contributed by atoms with van der Waals surface area (Å²) in [4.78, 5) is 10.8. The zero-order valence-electron chi connectivity index (χ0n) is 9.98. The normalized spacial score (nSPS) is 12.9. The van der Waals surface area contributed by atoms with Gasteiger partial charge in [-0.2, -0.15) is 0 Å². The first-order valence-corrected chi connectivity index (χ1v) is 5.15. The highest BCUT2D eigenvalue weighted by Crippen LogP contribution is 2.19. The second-order valence-corrected chi connectivity index (χ2v) is 5.31. The van der Waals surface area contributed by atoms with E-state index >= 15 is 0 Å². The zero-order chi connectivity index (χ0) is 11.4. The molecule has 0 aliphatic heterocycles. The minimum atomic E-state index is -0.751. The molecule has 0 atom stereocenters. The van der Waals surface area contributed by atoms with Crippen LogP contribution in [0.5, 0.6) is 0 Å². The number of carboxylic acids is 1. The van der Waals surface area contributed by atoms with Gasteiger partial charge < -0.3 is 10.4 Å². The van der Waals surface area contributed by atoms with Gasteiger partial charge in [0, 0.05) is 13.1 Å². The van der Waals surface area contributed by atoms with E-state index in [-0.39, 0.29) is 5.41 Å². The van der Waals surface area contributed by atoms with Crippen LogP contribution in [-0.4, -0.2) is 24.2 Å². The van der Waals surface area contributed by atoms with E-state index in [4.69, 9.17) is 5.11 Å². The van der Waals surface area contributed by atoms with Crippen LogP contribution in [0.2, 0.25) is 0 Å². The van der Waals surface area contributed by atoms with Crippen molar-refractivity contribution in [2.75, 3.05) is 13.1 Å². The van der Waals surface area contributed by atoms with Gasteiger partial charge >= 0.3 is 5.97 Å². The van der Waals surface area contributed by atoms with Crippen molar-refractivity contribution in [1.29, 1.82) is 0 Å². The van der Waals surface area contributed by atoms with Crippen LogP contribution < -0.4 is 5.32 Å². The minimum Gasteiger partial charge on any atom is -0.481 e. The third-order valence-corrected chi connectivity index (χ3v) is 2.71. The molecule has 0 saturated heterocycles. The van der Waals surface area contributed by atoms with Crippen molar-refractivity contribution in [3.8, 4) is 0 Å². The van der Waals surface area contributed by atoms with Gasteiger partial charge in [0.1, 0.15) is 0 Å². The molecule has 0 aromatic carbocycles. The fraction of sp³-hybridized carbons (Fsp3) is 0.909. The first-order valence-electron chi connectivity index (χ1n) is 5.15. The first kappa shape index (κ1) is 13.4. The maximum absolute atomic E-state index is 10.8. The van der Waals surface area contributed by atoms with Gasteiger partial charge in [0.15, 0.2) is 0 Å². The van der Waals surface area contributed by atoms with E-state index in [1.165, 1.54) is 0 Å². The predicted octanol–water partition coefficient (Wildman–Crippen LogP) is 2.12. The molecule has 0 spiro atoms. The van der Waals surface area contributed by atoms with Gasteiger partial charge in [0.25, 0.3) is 0 Å². The first-order chi connectivity index (χ1) is 6.21. The summed E-state index contributed by atoms with van der Waals surface area (Å²) in [5, 5.41) is 12.1. The van der Waals surface area contributed by atoms with Crippen LogP contribution in [0.1, 0.15) is 41.0 Å². The van der Waals surface area contributed by atoms with Crippen LogP contribution in [0.3, 0.4) is 0 Å². The summed E-state index contributed by atoms with van der Waals surface area (Å²) in [6, 6.07) is 0. The van der Waals surface area contributed by atoms with E-state index < -0.39 is 11.4 Å². The number of nitrogens with one attached hydrogen (secondary N) is 1. The zero-order valence-corrected chi connectivity index (χ0v) is 9.98. The summed E-state index contributed by atoms with van der Waals surface area (Å²) in [6.45, 7) is 11.3. The smallest absolute Gasteiger partial charge is 0.310 e. The highest BCUT2D eigenvalue weighted by molar-refractivity contribution is 5.73. The topological polar surface area (TPSA) is 49.3 Å². The Bertz CT molecular complexity index is 197. The molecule has 2 N–H and O–H groups in total. The minimum absolute atomic E-state index is 0.245. The molecule has 0 fully saturated rings. The second-order valence-electron chi connectivity index (χ2n) is 5.31. The molecule has 0 aromatic rings. The maximum Gasteiger partial charge on any atom is 0.310 e. The molecule has 3 heteroatoms. The van der Waals surface area contributed by atoms with Crippen molar-refractivity contribution in [1.82, 2.24) is 5.32 Å². The largest absolute Gasteiger partial charge is 0.481 e. The van der Waals surface area contributed by atoms with Gasteiger partial charge in [-0.05, 0) is 25.7 Å². The van der Waals surface area contributed by atoms with Gasteiger partial charge in [0.05, 0.1) is 5.41 Å². The molecule has 0 unspecified atom stereocenters. The molecule has 84 valence electrons. The number of carboxylic acid groups (broad SMARTS) is 1. The highest BCUT2D eigenvalue weighted by atomic mass is 16.4. The summed E-state index contributed by atoms with van der Waals surface area (Å²) in [5.41, 5.74) is -0.432.